The molecule has 0 radical (unpaired) electrons. The van der Waals surface area contributed by atoms with Crippen LogP contribution in [0.25, 0.3) is 16.7 Å². The van der Waals surface area contributed by atoms with Crippen LogP contribution in [0.4, 0.5) is 5.69 Å². The predicted octanol–water partition coefficient (Wildman–Crippen LogP) is 5.94. The van der Waals surface area contributed by atoms with Gasteiger partial charge in [-0.15, -0.1) is 0 Å². The van der Waals surface area contributed by atoms with Crippen molar-refractivity contribution in [3.63, 3.8) is 0 Å². The van der Waals surface area contributed by atoms with E-state index in [9.17, 15) is 4.79 Å². The van der Waals surface area contributed by atoms with Gasteiger partial charge in [0.25, 0.3) is 0 Å². The van der Waals surface area contributed by atoms with Crippen molar-refractivity contribution in [1.82, 2.24) is 9.55 Å². The van der Waals surface area contributed by atoms with Gasteiger partial charge in [-0.2, -0.15) is 0 Å². The van der Waals surface area contributed by atoms with E-state index in [2.05, 4.69) is 71.4 Å². The number of hydrogen-bond donors (Lipinski definition) is 1. The number of hydrogen-bond acceptors (Lipinski definition) is 2. The maximum atomic E-state index is 11.9. The number of anilines is 1. The van der Waals surface area contributed by atoms with E-state index in [1.54, 1.807) is 0 Å². The number of aromatic nitrogens is 2. The first kappa shape index (κ1) is 19.9. The van der Waals surface area contributed by atoms with Gasteiger partial charge >= 0.3 is 0 Å². The van der Waals surface area contributed by atoms with Crippen molar-refractivity contribution >= 4 is 22.6 Å². The molecule has 0 aliphatic rings. The van der Waals surface area contributed by atoms with Crippen molar-refractivity contribution in [3.05, 3.63) is 90.3 Å². The van der Waals surface area contributed by atoms with Gasteiger partial charge in [-0.25, -0.2) is 4.98 Å². The van der Waals surface area contributed by atoms with E-state index >= 15 is 0 Å². The van der Waals surface area contributed by atoms with E-state index in [0.29, 0.717) is 6.42 Å². The Labute approximate surface area is 177 Å². The summed E-state index contributed by atoms with van der Waals surface area (Å²) in [6.45, 7) is 2.09. The minimum Gasteiger partial charge on any atom is -0.326 e. The fraction of sp³-hybridized carbons (Fsp3) is 0.231. The number of nitrogens with one attached hydrogen (secondary N) is 1. The van der Waals surface area contributed by atoms with E-state index in [1.165, 1.54) is 5.56 Å². The van der Waals surface area contributed by atoms with Crippen LogP contribution >= 0.6 is 0 Å². The van der Waals surface area contributed by atoms with E-state index < -0.39 is 0 Å². The van der Waals surface area contributed by atoms with Crippen molar-refractivity contribution in [2.75, 3.05) is 5.32 Å². The van der Waals surface area contributed by atoms with Crippen LogP contribution in [-0.2, 0) is 17.6 Å². The number of unbranched alkanes of at least 4 members (excludes halogenated alkanes) is 1. The highest BCUT2D eigenvalue weighted by molar-refractivity contribution is 5.90. The summed E-state index contributed by atoms with van der Waals surface area (Å²) in [7, 11) is 0. The molecule has 0 saturated carbocycles. The van der Waals surface area contributed by atoms with Crippen LogP contribution in [0.2, 0.25) is 0 Å². The molecule has 4 aromatic rings. The molecule has 152 valence electrons. The molecule has 4 nitrogen and oxygen atoms in total. The Morgan fingerprint density at radius 3 is 2.40 bits per heavy atom. The Hall–Kier alpha value is -3.40. The highest BCUT2D eigenvalue weighted by atomic mass is 16.1. The topological polar surface area (TPSA) is 46.9 Å². The lowest BCUT2D eigenvalue weighted by atomic mass is 10.1. The molecule has 1 heterocycles. The lowest BCUT2D eigenvalue weighted by Crippen LogP contribution is -2.10. The Morgan fingerprint density at radius 2 is 1.63 bits per heavy atom. The normalized spacial score (nSPS) is 11.0. The number of aryl methyl sites for hydroxylation is 2. The zero-order chi connectivity index (χ0) is 20.8. The summed E-state index contributed by atoms with van der Waals surface area (Å²) in [6.07, 6.45) is 4.26. The van der Waals surface area contributed by atoms with Crippen LogP contribution in [0.3, 0.4) is 0 Å². The molecule has 0 bridgehead atoms. The fourth-order valence-corrected chi connectivity index (χ4v) is 3.68. The minimum atomic E-state index is 0.0844. The van der Waals surface area contributed by atoms with Crippen molar-refractivity contribution in [2.45, 2.75) is 39.0 Å². The fourth-order valence-electron chi connectivity index (χ4n) is 3.68. The monoisotopic (exact) mass is 397 g/mol. The highest BCUT2D eigenvalue weighted by Crippen LogP contribution is 2.23. The number of fused-ring (bicyclic) bond motifs is 1. The van der Waals surface area contributed by atoms with E-state index in [1.807, 2.05) is 24.3 Å². The van der Waals surface area contributed by atoms with Gasteiger partial charge in [0, 0.05) is 24.2 Å². The number of para-hydroxylation sites is 3. The largest absolute Gasteiger partial charge is 0.326 e. The zero-order valence-corrected chi connectivity index (χ0v) is 17.3. The Kier molecular flexibility index (Phi) is 6.23. The summed E-state index contributed by atoms with van der Waals surface area (Å²) >= 11 is 0. The van der Waals surface area contributed by atoms with Crippen LogP contribution < -0.4 is 5.32 Å². The van der Waals surface area contributed by atoms with Gasteiger partial charge < -0.3 is 5.32 Å². The number of carbonyl (C=O) groups is 1. The second kappa shape index (κ2) is 9.40. The number of benzene rings is 3. The molecule has 0 unspecified atom stereocenters. The standard InChI is InChI=1S/C26H27N3O/c1-2-3-13-26(30)27-21-17-14-20(15-18-21)16-19-25-28-23-11-7-8-12-24(23)29(25)22-9-5-4-6-10-22/h4-12,14-15,17-18H,2-3,13,16,19H2,1H3,(H,27,30). The van der Waals surface area contributed by atoms with Gasteiger partial charge in [-0.1, -0.05) is 55.8 Å². The Morgan fingerprint density at radius 1 is 0.900 bits per heavy atom. The van der Waals surface area contributed by atoms with Crippen molar-refractivity contribution in [3.8, 4) is 5.69 Å². The lowest BCUT2D eigenvalue weighted by Gasteiger charge is -2.10. The van der Waals surface area contributed by atoms with E-state index in [4.69, 9.17) is 4.98 Å². The average molecular weight is 398 g/mol. The first-order chi connectivity index (χ1) is 14.7. The third-order valence-electron chi connectivity index (χ3n) is 5.28. The molecule has 4 heteroatoms. The number of rotatable bonds is 8. The van der Waals surface area contributed by atoms with Crippen LogP contribution in [-0.4, -0.2) is 15.5 Å². The Balaban J connectivity index is 1.50. The van der Waals surface area contributed by atoms with Gasteiger partial charge in [0.15, 0.2) is 0 Å². The van der Waals surface area contributed by atoms with Crippen LogP contribution in [0.1, 0.15) is 37.6 Å². The van der Waals surface area contributed by atoms with E-state index in [0.717, 1.165) is 53.9 Å². The molecule has 0 aliphatic heterocycles. The molecule has 0 fully saturated rings. The molecule has 0 spiro atoms. The first-order valence-electron chi connectivity index (χ1n) is 10.6. The number of carbonyl (C=O) groups excluding carboxylic acids is 1. The van der Waals surface area contributed by atoms with Crippen LogP contribution in [0, 0.1) is 0 Å². The van der Waals surface area contributed by atoms with Crippen molar-refractivity contribution < 1.29 is 4.79 Å². The molecular formula is C26H27N3O. The van der Waals surface area contributed by atoms with Gasteiger partial charge in [-0.3, -0.25) is 9.36 Å². The molecule has 0 saturated heterocycles. The van der Waals surface area contributed by atoms with Crippen LogP contribution in [0.5, 0.6) is 0 Å². The summed E-state index contributed by atoms with van der Waals surface area (Å²) in [5.74, 6) is 1.14. The van der Waals surface area contributed by atoms with Crippen molar-refractivity contribution in [1.29, 1.82) is 0 Å². The summed E-state index contributed by atoms with van der Waals surface area (Å²) in [6, 6.07) is 26.8. The van der Waals surface area contributed by atoms with Crippen LogP contribution in [0.15, 0.2) is 78.9 Å². The molecule has 1 aromatic heterocycles. The minimum absolute atomic E-state index is 0.0844. The lowest BCUT2D eigenvalue weighted by molar-refractivity contribution is -0.116. The van der Waals surface area contributed by atoms with E-state index in [-0.39, 0.29) is 5.91 Å². The molecule has 0 atom stereocenters. The average Bonchev–Trinajstić information content (AvgIpc) is 3.16. The second-order valence-corrected chi connectivity index (χ2v) is 7.54. The quantitative estimate of drug-likeness (QED) is 0.400. The summed E-state index contributed by atoms with van der Waals surface area (Å²) in [4.78, 5) is 16.8. The molecule has 0 aliphatic carbocycles. The third kappa shape index (κ3) is 4.60. The second-order valence-electron chi connectivity index (χ2n) is 7.54. The van der Waals surface area contributed by atoms with Crippen molar-refractivity contribution in [2.24, 2.45) is 0 Å². The maximum absolute atomic E-state index is 11.9. The van der Waals surface area contributed by atoms with Gasteiger partial charge in [-0.05, 0) is 54.8 Å². The number of amides is 1. The first-order valence-corrected chi connectivity index (χ1v) is 10.6. The summed E-state index contributed by atoms with van der Waals surface area (Å²) < 4.78 is 2.25. The Bertz CT molecular complexity index is 1110. The summed E-state index contributed by atoms with van der Waals surface area (Å²) in [5.41, 5.74) is 5.36. The maximum Gasteiger partial charge on any atom is 0.224 e. The zero-order valence-electron chi connectivity index (χ0n) is 17.3. The third-order valence-corrected chi connectivity index (χ3v) is 5.28. The molecule has 4 rings (SSSR count). The van der Waals surface area contributed by atoms with Gasteiger partial charge in [0.1, 0.15) is 5.82 Å². The highest BCUT2D eigenvalue weighted by Gasteiger charge is 2.12. The molecule has 3 aromatic carbocycles. The SMILES string of the molecule is CCCCC(=O)Nc1ccc(CCc2nc3ccccc3n2-c2ccccc2)cc1. The molecular weight excluding hydrogens is 370 g/mol. The number of nitrogens with zero attached hydrogens (tertiary/aromatic N) is 2. The van der Waals surface area contributed by atoms with Gasteiger partial charge in [0.05, 0.1) is 11.0 Å². The predicted molar refractivity (Wildman–Crippen MR) is 123 cm³/mol. The smallest absolute Gasteiger partial charge is 0.224 e. The van der Waals surface area contributed by atoms with Gasteiger partial charge in [0.2, 0.25) is 5.91 Å². The molecule has 30 heavy (non-hydrogen) atoms. The number of imidazole rings is 1. The summed E-state index contributed by atoms with van der Waals surface area (Å²) in [5, 5.41) is 2.97. The molecule has 1 amide bonds. The molecule has 1 N–H and O–H groups in total.